The van der Waals surface area contributed by atoms with E-state index in [9.17, 15) is 4.79 Å². The molecule has 0 saturated carbocycles. The molecule has 0 unspecified atom stereocenters. The first-order valence-electron chi connectivity index (χ1n) is 10.2. The summed E-state index contributed by atoms with van der Waals surface area (Å²) in [5, 5.41) is 11.4. The largest absolute Gasteiger partial charge is 0.494 e. The van der Waals surface area contributed by atoms with Crippen LogP contribution in [0.5, 0.6) is 5.75 Å². The van der Waals surface area contributed by atoms with E-state index in [0.29, 0.717) is 28.0 Å². The number of nitrogens with zero attached hydrogens (tertiary/aromatic N) is 3. The van der Waals surface area contributed by atoms with Gasteiger partial charge in [-0.2, -0.15) is 5.10 Å². The van der Waals surface area contributed by atoms with Crippen LogP contribution in [0.4, 0.5) is 5.69 Å². The minimum Gasteiger partial charge on any atom is -0.494 e. The van der Waals surface area contributed by atoms with Crippen LogP contribution in [0, 0.1) is 0 Å². The Balaban J connectivity index is 1.63. The fourth-order valence-electron chi connectivity index (χ4n) is 3.76. The zero-order valence-electron chi connectivity index (χ0n) is 17.8. The second kappa shape index (κ2) is 9.13. The minimum absolute atomic E-state index is 0.179. The molecule has 0 radical (unpaired) electrons. The molecule has 0 aliphatic carbocycles. The third kappa shape index (κ3) is 3.96. The van der Waals surface area contributed by atoms with E-state index in [1.807, 2.05) is 30.3 Å². The summed E-state index contributed by atoms with van der Waals surface area (Å²) in [5.41, 5.74) is 4.51. The van der Waals surface area contributed by atoms with Gasteiger partial charge in [0.1, 0.15) is 12.1 Å². The maximum atomic E-state index is 13.0. The summed E-state index contributed by atoms with van der Waals surface area (Å²) >= 11 is 12.4. The third-order valence-corrected chi connectivity index (χ3v) is 5.98. The zero-order chi connectivity index (χ0) is 23.7. The van der Waals surface area contributed by atoms with Crippen LogP contribution < -0.4 is 10.1 Å². The van der Waals surface area contributed by atoms with Crippen molar-refractivity contribution < 1.29 is 9.53 Å². The zero-order valence-corrected chi connectivity index (χ0v) is 19.4. The van der Waals surface area contributed by atoms with E-state index >= 15 is 0 Å². The molecule has 1 amide bonds. The van der Waals surface area contributed by atoms with Gasteiger partial charge in [-0.3, -0.25) is 9.89 Å². The number of carbonyl (C=O) groups is 1. The molecule has 3 aromatic carbocycles. The van der Waals surface area contributed by atoms with E-state index < -0.39 is 5.91 Å². The predicted octanol–water partition coefficient (Wildman–Crippen LogP) is 6.25. The van der Waals surface area contributed by atoms with Crippen LogP contribution in [-0.4, -0.2) is 33.2 Å². The summed E-state index contributed by atoms with van der Waals surface area (Å²) in [6, 6.07) is 18.2. The number of aromatic amines is 1. The van der Waals surface area contributed by atoms with Gasteiger partial charge in [0, 0.05) is 22.6 Å². The molecule has 0 fully saturated rings. The van der Waals surface area contributed by atoms with Gasteiger partial charge in [0.05, 0.1) is 51.5 Å². The van der Waals surface area contributed by atoms with Crippen molar-refractivity contribution in [3.05, 3.63) is 88.8 Å². The van der Waals surface area contributed by atoms with E-state index in [4.69, 9.17) is 27.9 Å². The first kappa shape index (κ1) is 21.9. The van der Waals surface area contributed by atoms with E-state index in [2.05, 4.69) is 25.5 Å². The molecule has 9 heteroatoms. The Morgan fingerprint density at radius 2 is 1.76 bits per heavy atom. The molecule has 0 bridgehead atoms. The first-order chi connectivity index (χ1) is 16.6. The Morgan fingerprint density at radius 1 is 1.00 bits per heavy atom. The summed E-state index contributed by atoms with van der Waals surface area (Å²) in [6.45, 7) is 0. The maximum Gasteiger partial charge on any atom is 0.258 e. The number of nitrogens with one attached hydrogen (secondary N) is 2. The third-order valence-electron chi connectivity index (χ3n) is 5.35. The molecule has 5 aromatic rings. The number of carbonyl (C=O) groups excluding carboxylic acids is 1. The number of H-pyrrole nitrogens is 1. The lowest BCUT2D eigenvalue weighted by Gasteiger charge is -2.14. The smallest absolute Gasteiger partial charge is 0.258 e. The van der Waals surface area contributed by atoms with Crippen LogP contribution >= 0.6 is 23.2 Å². The molecular formula is C25H17Cl2N5O2. The average molecular weight is 490 g/mol. The molecule has 2 aromatic heterocycles. The number of fused-ring (bicyclic) bond motifs is 1. The highest BCUT2D eigenvalue weighted by Gasteiger charge is 2.20. The van der Waals surface area contributed by atoms with E-state index in [1.165, 1.54) is 13.4 Å². The Bertz CT molecular complexity index is 1500. The minimum atomic E-state index is -0.458. The predicted molar refractivity (Wildman–Crippen MR) is 134 cm³/mol. The molecule has 2 N–H and O–H groups in total. The SMILES string of the molecule is COc1cc2ncnc(-c3cn[nH]c3-c3ccccc3)c2cc1NC(=O)c1c(Cl)cccc1Cl. The van der Waals surface area contributed by atoms with Gasteiger partial charge >= 0.3 is 0 Å². The van der Waals surface area contributed by atoms with Gasteiger partial charge < -0.3 is 10.1 Å². The van der Waals surface area contributed by atoms with Gasteiger partial charge in [-0.05, 0) is 18.2 Å². The summed E-state index contributed by atoms with van der Waals surface area (Å²) in [4.78, 5) is 22.0. The maximum absolute atomic E-state index is 13.0. The first-order valence-corrected chi connectivity index (χ1v) is 11.0. The number of ether oxygens (including phenoxy) is 1. The van der Waals surface area contributed by atoms with Crippen molar-refractivity contribution in [2.24, 2.45) is 0 Å². The molecular weight excluding hydrogens is 473 g/mol. The summed E-state index contributed by atoms with van der Waals surface area (Å²) < 4.78 is 5.51. The molecule has 5 rings (SSSR count). The summed E-state index contributed by atoms with van der Waals surface area (Å²) in [5.74, 6) is -0.0240. The number of benzene rings is 3. The number of methoxy groups -OCH3 is 1. The van der Waals surface area contributed by atoms with Crippen molar-refractivity contribution in [3.63, 3.8) is 0 Å². The number of hydrogen-bond donors (Lipinski definition) is 2. The summed E-state index contributed by atoms with van der Waals surface area (Å²) in [7, 11) is 1.52. The quantitative estimate of drug-likeness (QED) is 0.304. The van der Waals surface area contributed by atoms with Crippen LogP contribution in [0.1, 0.15) is 10.4 Å². The number of amides is 1. The van der Waals surface area contributed by atoms with Gasteiger partial charge in [-0.15, -0.1) is 0 Å². The number of halogens is 2. The lowest BCUT2D eigenvalue weighted by atomic mass is 10.0. The molecule has 168 valence electrons. The van der Waals surface area contributed by atoms with E-state index in [1.54, 1.807) is 36.5 Å². The second-order valence-electron chi connectivity index (χ2n) is 7.37. The monoisotopic (exact) mass is 489 g/mol. The van der Waals surface area contributed by atoms with Crippen LogP contribution in [-0.2, 0) is 0 Å². The topological polar surface area (TPSA) is 92.8 Å². The van der Waals surface area contributed by atoms with Gasteiger partial charge in [0.25, 0.3) is 5.91 Å². The molecule has 2 heterocycles. The van der Waals surface area contributed by atoms with Gasteiger partial charge in [0.15, 0.2) is 0 Å². The van der Waals surface area contributed by atoms with Crippen molar-refractivity contribution in [1.82, 2.24) is 20.2 Å². The second-order valence-corrected chi connectivity index (χ2v) is 8.18. The molecule has 34 heavy (non-hydrogen) atoms. The molecule has 0 saturated heterocycles. The van der Waals surface area contributed by atoms with Gasteiger partial charge in [0.2, 0.25) is 0 Å². The Kier molecular flexibility index (Phi) is 5.88. The van der Waals surface area contributed by atoms with Crippen molar-refractivity contribution in [2.75, 3.05) is 12.4 Å². The molecule has 0 aliphatic rings. The number of rotatable bonds is 5. The fourth-order valence-corrected chi connectivity index (χ4v) is 4.32. The lowest BCUT2D eigenvalue weighted by Crippen LogP contribution is -2.14. The Hall–Kier alpha value is -3.94. The average Bonchev–Trinajstić information content (AvgIpc) is 3.33. The van der Waals surface area contributed by atoms with Crippen LogP contribution in [0.15, 0.2) is 73.2 Å². The number of anilines is 1. The lowest BCUT2D eigenvalue weighted by molar-refractivity contribution is 0.102. The Labute approximate surface area is 204 Å². The van der Waals surface area contributed by atoms with Crippen LogP contribution in [0.25, 0.3) is 33.4 Å². The van der Waals surface area contributed by atoms with Crippen molar-refractivity contribution in [3.8, 4) is 28.3 Å². The number of hydrogen-bond acceptors (Lipinski definition) is 5. The molecule has 7 nitrogen and oxygen atoms in total. The van der Waals surface area contributed by atoms with E-state index in [0.717, 1.165) is 16.8 Å². The van der Waals surface area contributed by atoms with Gasteiger partial charge in [-0.1, -0.05) is 59.6 Å². The van der Waals surface area contributed by atoms with Crippen LogP contribution in [0.3, 0.4) is 0 Å². The van der Waals surface area contributed by atoms with E-state index in [-0.39, 0.29) is 15.6 Å². The Morgan fingerprint density at radius 3 is 2.50 bits per heavy atom. The summed E-state index contributed by atoms with van der Waals surface area (Å²) in [6.07, 6.45) is 3.21. The van der Waals surface area contributed by atoms with Crippen molar-refractivity contribution in [1.29, 1.82) is 0 Å². The molecule has 0 spiro atoms. The molecule has 0 aliphatic heterocycles. The van der Waals surface area contributed by atoms with Crippen molar-refractivity contribution >= 4 is 45.7 Å². The van der Waals surface area contributed by atoms with Crippen LogP contribution in [0.2, 0.25) is 10.0 Å². The normalized spacial score (nSPS) is 10.9. The van der Waals surface area contributed by atoms with Crippen molar-refractivity contribution in [2.45, 2.75) is 0 Å². The highest BCUT2D eigenvalue weighted by molar-refractivity contribution is 6.40. The highest BCUT2D eigenvalue weighted by Crippen LogP contribution is 2.37. The van der Waals surface area contributed by atoms with Gasteiger partial charge in [-0.25, -0.2) is 9.97 Å². The highest BCUT2D eigenvalue weighted by atomic mass is 35.5. The fraction of sp³-hybridized carbons (Fsp3) is 0.0400. The standard InChI is InChI=1S/C25H17Cl2N5O2/c1-34-21-11-19-15(10-20(21)31-25(33)22-17(26)8-5-9-18(22)27)24(29-13-28-19)16-12-30-32-23(16)14-6-3-2-4-7-14/h2-13H,1H3,(H,30,32)(H,31,33). The number of aromatic nitrogens is 4. The molecule has 0 atom stereocenters.